The van der Waals surface area contributed by atoms with E-state index in [1.807, 2.05) is 6.07 Å². The summed E-state index contributed by atoms with van der Waals surface area (Å²) in [5, 5.41) is 21.8. The van der Waals surface area contributed by atoms with Gasteiger partial charge in [-0.25, -0.2) is 9.97 Å². The Morgan fingerprint density at radius 2 is 1.83 bits per heavy atom. The Balaban J connectivity index is 0.00000320. The molecule has 1 heterocycles. The van der Waals surface area contributed by atoms with Gasteiger partial charge in [0.15, 0.2) is 0 Å². The number of nitriles is 1. The summed E-state index contributed by atoms with van der Waals surface area (Å²) in [7, 11) is 0. The molecule has 0 aliphatic carbocycles. The Hall–Kier alpha value is -2.71. The predicted molar refractivity (Wildman–Crippen MR) is 95.7 cm³/mol. The summed E-state index contributed by atoms with van der Waals surface area (Å²) in [4.78, 5) is 7.96. The Morgan fingerprint density at radius 3 is 2.53 bits per heavy atom. The van der Waals surface area contributed by atoms with E-state index in [2.05, 4.69) is 14.7 Å². The zero-order chi connectivity index (χ0) is 21.0. The smallest absolute Gasteiger partial charge is 0.752 e. The Kier molecular flexibility index (Phi) is 7.75. The number of hydrogen-bond acceptors (Lipinski definition) is 6. The first kappa shape index (κ1) is 23.6. The van der Waals surface area contributed by atoms with Crippen molar-refractivity contribution in [3.05, 3.63) is 71.6 Å². The van der Waals surface area contributed by atoms with Crippen LogP contribution in [0.5, 0.6) is 5.75 Å². The minimum Gasteiger partial charge on any atom is -0.752 e. The van der Waals surface area contributed by atoms with Crippen molar-refractivity contribution in [3.63, 3.8) is 0 Å². The second-order valence-electron chi connectivity index (χ2n) is 5.69. The number of alkyl halides is 4. The number of ether oxygens (including phenoxy) is 1. The molecule has 0 amide bonds. The predicted octanol–water partition coefficient (Wildman–Crippen LogP) is 1.89. The molecule has 11 heteroatoms. The SMILES string of the molecule is N#Cc1cccc(-c2ccnc(N([O-])c3cccc(OC(F)(F)C(F)F)c3)n2)c1.[Na+]. The van der Waals surface area contributed by atoms with Crippen LogP contribution in [0, 0.1) is 16.5 Å². The third kappa shape index (κ3) is 5.46. The van der Waals surface area contributed by atoms with Crippen molar-refractivity contribution in [1.29, 1.82) is 5.26 Å². The van der Waals surface area contributed by atoms with E-state index in [0.717, 1.165) is 12.1 Å². The average molecular weight is 426 g/mol. The van der Waals surface area contributed by atoms with Gasteiger partial charge in [-0.1, -0.05) is 18.2 Å². The van der Waals surface area contributed by atoms with E-state index in [-0.39, 0.29) is 46.3 Å². The fourth-order valence-corrected chi connectivity index (χ4v) is 2.35. The van der Waals surface area contributed by atoms with Crippen LogP contribution in [0.1, 0.15) is 5.56 Å². The average Bonchev–Trinajstić information content (AvgIpc) is 2.73. The molecule has 1 aromatic heterocycles. The standard InChI is InChI=1S/C19H11F4N4O2.Na/c20-17(21)19(22,23)29-15-6-2-5-14(10-15)27(28)18-25-8-7-16(26-18)13-4-1-3-12(9-13)11-24;/h1-10,17H;/q-1;+1. The Morgan fingerprint density at radius 1 is 1.10 bits per heavy atom. The third-order valence-corrected chi connectivity index (χ3v) is 3.67. The van der Waals surface area contributed by atoms with Crippen LogP contribution in [-0.2, 0) is 0 Å². The van der Waals surface area contributed by atoms with Crippen molar-refractivity contribution in [3.8, 4) is 23.1 Å². The van der Waals surface area contributed by atoms with Gasteiger partial charge in [0.05, 0.1) is 17.3 Å². The minimum atomic E-state index is -4.70. The normalized spacial score (nSPS) is 10.8. The van der Waals surface area contributed by atoms with Crippen LogP contribution in [-0.4, -0.2) is 22.5 Å². The van der Waals surface area contributed by atoms with Crippen molar-refractivity contribution in [2.45, 2.75) is 12.5 Å². The van der Waals surface area contributed by atoms with E-state index < -0.39 is 18.3 Å². The number of benzene rings is 2. The van der Waals surface area contributed by atoms with E-state index in [0.29, 0.717) is 16.8 Å². The van der Waals surface area contributed by atoms with Crippen LogP contribution in [0.2, 0.25) is 0 Å². The molecule has 0 saturated carbocycles. The fraction of sp³-hybridized carbons (Fsp3) is 0.105. The van der Waals surface area contributed by atoms with Gasteiger partial charge in [0.2, 0.25) is 5.95 Å². The number of nitrogens with zero attached hydrogens (tertiary/aromatic N) is 4. The molecule has 0 radical (unpaired) electrons. The number of aromatic nitrogens is 2. The monoisotopic (exact) mass is 426 g/mol. The van der Waals surface area contributed by atoms with Crippen LogP contribution in [0.25, 0.3) is 11.3 Å². The molecule has 148 valence electrons. The molecule has 3 aromatic rings. The van der Waals surface area contributed by atoms with Crippen LogP contribution in [0.15, 0.2) is 60.8 Å². The van der Waals surface area contributed by atoms with Gasteiger partial charge in [0.1, 0.15) is 5.75 Å². The van der Waals surface area contributed by atoms with Gasteiger partial charge in [0, 0.05) is 23.5 Å². The summed E-state index contributed by atoms with van der Waals surface area (Å²) in [6.45, 7) is 0. The van der Waals surface area contributed by atoms with Crippen LogP contribution >= 0.6 is 0 Å². The maximum Gasteiger partial charge on any atom is 1.00 e. The molecular formula is C19H11F4N4NaO2. The van der Waals surface area contributed by atoms with Gasteiger partial charge in [-0.2, -0.15) is 22.8 Å². The van der Waals surface area contributed by atoms with E-state index in [9.17, 15) is 22.8 Å². The quantitative estimate of drug-likeness (QED) is 0.340. The molecule has 0 saturated heterocycles. The summed E-state index contributed by atoms with van der Waals surface area (Å²) in [5.74, 6) is -0.936. The fourth-order valence-electron chi connectivity index (χ4n) is 2.35. The van der Waals surface area contributed by atoms with Gasteiger partial charge >= 0.3 is 42.1 Å². The van der Waals surface area contributed by atoms with Crippen molar-refractivity contribution in [2.24, 2.45) is 0 Å². The molecule has 0 fully saturated rings. The van der Waals surface area contributed by atoms with Gasteiger partial charge in [-0.3, -0.25) is 0 Å². The molecule has 3 rings (SSSR count). The second kappa shape index (κ2) is 9.86. The van der Waals surface area contributed by atoms with E-state index in [1.54, 1.807) is 24.3 Å². The zero-order valence-electron chi connectivity index (χ0n) is 15.5. The van der Waals surface area contributed by atoms with Gasteiger partial charge in [-0.15, -0.1) is 0 Å². The maximum atomic E-state index is 13.1. The first-order valence-corrected chi connectivity index (χ1v) is 8.06. The van der Waals surface area contributed by atoms with Crippen molar-refractivity contribution in [2.75, 3.05) is 5.06 Å². The molecule has 0 bridgehead atoms. The van der Waals surface area contributed by atoms with Gasteiger partial charge in [-0.05, 0) is 30.3 Å². The summed E-state index contributed by atoms with van der Waals surface area (Å²) >= 11 is 0. The number of rotatable bonds is 6. The number of anilines is 2. The van der Waals surface area contributed by atoms with Gasteiger partial charge < -0.3 is 15.0 Å². The largest absolute Gasteiger partial charge is 1.00 e. The summed E-state index contributed by atoms with van der Waals surface area (Å²) < 4.78 is 54.7. The number of hydrogen-bond donors (Lipinski definition) is 0. The first-order valence-electron chi connectivity index (χ1n) is 8.06. The van der Waals surface area contributed by atoms with Crippen LogP contribution in [0.3, 0.4) is 0 Å². The summed E-state index contributed by atoms with van der Waals surface area (Å²) in [5.41, 5.74) is 1.11. The summed E-state index contributed by atoms with van der Waals surface area (Å²) in [6.07, 6.45) is -7.42. The van der Waals surface area contributed by atoms with E-state index >= 15 is 0 Å². The molecule has 0 spiro atoms. The molecule has 0 unspecified atom stereocenters. The maximum absolute atomic E-state index is 13.1. The molecule has 0 aliphatic heterocycles. The van der Waals surface area contributed by atoms with Crippen molar-refractivity contribution < 1.29 is 51.9 Å². The number of halogens is 4. The molecule has 2 aromatic carbocycles. The molecule has 0 aliphatic rings. The zero-order valence-corrected chi connectivity index (χ0v) is 17.5. The molecule has 30 heavy (non-hydrogen) atoms. The van der Waals surface area contributed by atoms with E-state index in [1.165, 1.54) is 24.4 Å². The molecular weight excluding hydrogens is 415 g/mol. The topological polar surface area (TPSA) is 85.1 Å². The summed E-state index contributed by atoms with van der Waals surface area (Å²) in [6, 6.07) is 14.4. The Bertz CT molecular complexity index is 1060. The molecule has 6 nitrogen and oxygen atoms in total. The minimum absolute atomic E-state index is 0. The molecule has 0 atom stereocenters. The van der Waals surface area contributed by atoms with E-state index in [4.69, 9.17) is 5.26 Å². The molecule has 0 N–H and O–H groups in total. The van der Waals surface area contributed by atoms with Crippen molar-refractivity contribution >= 4 is 11.6 Å². The third-order valence-electron chi connectivity index (χ3n) is 3.67. The van der Waals surface area contributed by atoms with Crippen LogP contribution in [0.4, 0.5) is 29.2 Å². The van der Waals surface area contributed by atoms with Gasteiger partial charge in [0.25, 0.3) is 0 Å². The Labute approximate surface area is 190 Å². The van der Waals surface area contributed by atoms with Crippen molar-refractivity contribution in [1.82, 2.24) is 9.97 Å². The first-order chi connectivity index (χ1) is 13.8. The van der Waals surface area contributed by atoms with Crippen LogP contribution < -0.4 is 39.4 Å². The second-order valence-corrected chi connectivity index (χ2v) is 5.69.